The molecule has 0 aliphatic carbocycles. The molecule has 3 rings (SSSR count). The zero-order chi connectivity index (χ0) is 16.2. The van der Waals surface area contributed by atoms with Crippen molar-refractivity contribution in [3.63, 3.8) is 0 Å². The Bertz CT molecular complexity index is 814. The van der Waals surface area contributed by atoms with Gasteiger partial charge in [-0.25, -0.2) is 0 Å². The molecular weight excluding hydrogens is 310 g/mol. The van der Waals surface area contributed by atoms with Gasteiger partial charge in [0.25, 0.3) is 5.91 Å². The maximum Gasteiger partial charge on any atom is 0.252 e. The average molecular weight is 327 g/mol. The second-order valence-corrected chi connectivity index (χ2v) is 6.04. The third-order valence-electron chi connectivity index (χ3n) is 3.71. The first-order valence-electron chi connectivity index (χ1n) is 7.32. The number of benzene rings is 2. The van der Waals surface area contributed by atoms with Crippen molar-refractivity contribution in [2.24, 2.45) is 0 Å². The van der Waals surface area contributed by atoms with Crippen molar-refractivity contribution < 1.29 is 15.0 Å². The molecule has 0 spiro atoms. The molecule has 0 bridgehead atoms. The van der Waals surface area contributed by atoms with E-state index in [0.717, 1.165) is 21.9 Å². The number of fused-ring (bicyclic) bond motifs is 1. The molecule has 4 nitrogen and oxygen atoms in total. The predicted octanol–water partition coefficient (Wildman–Crippen LogP) is 2.65. The van der Waals surface area contributed by atoms with E-state index in [1.807, 2.05) is 35.7 Å². The van der Waals surface area contributed by atoms with Crippen LogP contribution in [0.1, 0.15) is 10.4 Å². The minimum atomic E-state index is -0.949. The van der Waals surface area contributed by atoms with Gasteiger partial charge in [0.2, 0.25) is 0 Å². The van der Waals surface area contributed by atoms with Crippen LogP contribution in [0.25, 0.3) is 21.9 Å². The van der Waals surface area contributed by atoms with E-state index in [0.29, 0.717) is 5.56 Å². The molecule has 1 aromatic heterocycles. The van der Waals surface area contributed by atoms with Gasteiger partial charge in [0, 0.05) is 12.1 Å². The molecule has 0 fully saturated rings. The Balaban J connectivity index is 1.99. The lowest BCUT2D eigenvalue weighted by molar-refractivity contribution is 0.0803. The van der Waals surface area contributed by atoms with Gasteiger partial charge in [-0.2, -0.15) is 11.3 Å². The standard InChI is InChI=1S/C18H17NO3S/c20-10-13(21)9-19-18(22)17-6-2-4-15-14(3-1-5-16(15)17)12-7-8-23-11-12/h1-8,11,13,20-21H,9-10H2,(H,19,22)/t13-/m1/s1. The Morgan fingerprint density at radius 1 is 1.13 bits per heavy atom. The Labute approximate surface area is 138 Å². The van der Waals surface area contributed by atoms with Gasteiger partial charge < -0.3 is 15.5 Å². The number of hydrogen-bond acceptors (Lipinski definition) is 4. The van der Waals surface area contributed by atoms with E-state index in [1.165, 1.54) is 0 Å². The molecule has 3 N–H and O–H groups in total. The van der Waals surface area contributed by atoms with Gasteiger partial charge in [0.1, 0.15) is 0 Å². The van der Waals surface area contributed by atoms with Gasteiger partial charge >= 0.3 is 0 Å². The van der Waals surface area contributed by atoms with E-state index >= 15 is 0 Å². The summed E-state index contributed by atoms with van der Waals surface area (Å²) in [7, 11) is 0. The van der Waals surface area contributed by atoms with Gasteiger partial charge in [-0.05, 0) is 44.8 Å². The quantitative estimate of drug-likeness (QED) is 0.675. The SMILES string of the molecule is O=C(NC[C@@H](O)CO)c1cccc2c(-c3ccsc3)cccc12. The third-order valence-corrected chi connectivity index (χ3v) is 4.39. The first-order valence-corrected chi connectivity index (χ1v) is 8.26. The summed E-state index contributed by atoms with van der Waals surface area (Å²) in [4.78, 5) is 12.4. The predicted molar refractivity (Wildman–Crippen MR) is 92.7 cm³/mol. The maximum atomic E-state index is 12.4. The number of carbonyl (C=O) groups excluding carboxylic acids is 1. The molecule has 0 aliphatic heterocycles. The summed E-state index contributed by atoms with van der Waals surface area (Å²) in [5.74, 6) is -0.259. The van der Waals surface area contributed by atoms with Crippen LogP contribution in [0, 0.1) is 0 Å². The summed E-state index contributed by atoms with van der Waals surface area (Å²) in [5.41, 5.74) is 2.78. The molecule has 1 heterocycles. The number of rotatable bonds is 5. The molecular formula is C18H17NO3S. The molecule has 118 valence electrons. The summed E-state index contributed by atoms with van der Waals surface area (Å²) in [6.07, 6.45) is -0.949. The molecule has 0 saturated heterocycles. The molecule has 0 radical (unpaired) electrons. The fraction of sp³-hybridized carbons (Fsp3) is 0.167. The highest BCUT2D eigenvalue weighted by molar-refractivity contribution is 7.08. The number of thiophene rings is 1. The molecule has 0 saturated carbocycles. The van der Waals surface area contributed by atoms with Crippen molar-refractivity contribution in [1.29, 1.82) is 0 Å². The Morgan fingerprint density at radius 3 is 2.65 bits per heavy atom. The maximum absolute atomic E-state index is 12.4. The van der Waals surface area contributed by atoms with E-state index in [9.17, 15) is 9.90 Å². The molecule has 0 aliphatic rings. The summed E-state index contributed by atoms with van der Waals surface area (Å²) in [5, 5.41) is 26.8. The van der Waals surface area contributed by atoms with Gasteiger partial charge in [0.05, 0.1) is 12.7 Å². The van der Waals surface area contributed by atoms with Crippen molar-refractivity contribution in [3.05, 3.63) is 58.8 Å². The lowest BCUT2D eigenvalue weighted by Gasteiger charge is -2.12. The highest BCUT2D eigenvalue weighted by Gasteiger charge is 2.13. The third kappa shape index (κ3) is 3.27. The Kier molecular flexibility index (Phi) is 4.71. The van der Waals surface area contributed by atoms with E-state index in [-0.39, 0.29) is 19.1 Å². The Morgan fingerprint density at radius 2 is 1.91 bits per heavy atom. The smallest absolute Gasteiger partial charge is 0.252 e. The number of nitrogens with one attached hydrogen (secondary N) is 1. The van der Waals surface area contributed by atoms with E-state index in [4.69, 9.17) is 5.11 Å². The molecule has 0 unspecified atom stereocenters. The molecule has 3 aromatic rings. The van der Waals surface area contributed by atoms with Gasteiger partial charge in [-0.3, -0.25) is 4.79 Å². The van der Waals surface area contributed by atoms with Gasteiger partial charge in [0.15, 0.2) is 0 Å². The number of aliphatic hydroxyl groups excluding tert-OH is 2. The van der Waals surface area contributed by atoms with Crippen molar-refractivity contribution in [1.82, 2.24) is 5.32 Å². The normalized spacial score (nSPS) is 12.3. The highest BCUT2D eigenvalue weighted by atomic mass is 32.1. The molecule has 1 amide bonds. The zero-order valence-electron chi connectivity index (χ0n) is 12.4. The largest absolute Gasteiger partial charge is 0.394 e. The van der Waals surface area contributed by atoms with Crippen LogP contribution in [0.2, 0.25) is 0 Å². The van der Waals surface area contributed by atoms with Crippen LogP contribution in [0.4, 0.5) is 0 Å². The summed E-state index contributed by atoms with van der Waals surface area (Å²) in [6, 6.07) is 13.6. The first kappa shape index (κ1) is 15.7. The number of hydrogen-bond donors (Lipinski definition) is 3. The summed E-state index contributed by atoms with van der Waals surface area (Å²) in [6.45, 7) is -0.353. The van der Waals surface area contributed by atoms with Crippen LogP contribution >= 0.6 is 11.3 Å². The molecule has 23 heavy (non-hydrogen) atoms. The van der Waals surface area contributed by atoms with Crippen molar-refractivity contribution >= 4 is 28.0 Å². The van der Waals surface area contributed by atoms with Crippen molar-refractivity contribution in [3.8, 4) is 11.1 Å². The Hall–Kier alpha value is -2.21. The van der Waals surface area contributed by atoms with Crippen LogP contribution in [-0.4, -0.2) is 35.4 Å². The average Bonchev–Trinajstić information content (AvgIpc) is 3.12. The molecule has 2 aromatic carbocycles. The summed E-state index contributed by atoms with van der Waals surface area (Å²) >= 11 is 1.64. The van der Waals surface area contributed by atoms with Crippen LogP contribution in [0.5, 0.6) is 0 Å². The van der Waals surface area contributed by atoms with E-state index in [1.54, 1.807) is 17.4 Å². The lowest BCUT2D eigenvalue weighted by atomic mass is 9.97. The fourth-order valence-electron chi connectivity index (χ4n) is 2.55. The zero-order valence-corrected chi connectivity index (χ0v) is 13.2. The highest BCUT2D eigenvalue weighted by Crippen LogP contribution is 2.31. The second-order valence-electron chi connectivity index (χ2n) is 5.26. The van der Waals surface area contributed by atoms with Crippen LogP contribution < -0.4 is 5.32 Å². The topological polar surface area (TPSA) is 69.6 Å². The molecule has 1 atom stereocenters. The fourth-order valence-corrected chi connectivity index (χ4v) is 3.20. The first-order chi connectivity index (χ1) is 11.2. The second kappa shape index (κ2) is 6.91. The van der Waals surface area contributed by atoms with Crippen LogP contribution in [0.3, 0.4) is 0 Å². The van der Waals surface area contributed by atoms with Crippen LogP contribution in [0.15, 0.2) is 53.2 Å². The number of aliphatic hydroxyl groups is 2. The lowest BCUT2D eigenvalue weighted by Crippen LogP contribution is -2.33. The van der Waals surface area contributed by atoms with Gasteiger partial charge in [-0.1, -0.05) is 30.3 Å². The van der Waals surface area contributed by atoms with Crippen molar-refractivity contribution in [2.45, 2.75) is 6.10 Å². The van der Waals surface area contributed by atoms with Crippen molar-refractivity contribution in [2.75, 3.05) is 13.2 Å². The monoisotopic (exact) mass is 327 g/mol. The van der Waals surface area contributed by atoms with Crippen LogP contribution in [-0.2, 0) is 0 Å². The van der Waals surface area contributed by atoms with Gasteiger partial charge in [-0.15, -0.1) is 0 Å². The van der Waals surface area contributed by atoms with E-state index < -0.39 is 6.10 Å². The summed E-state index contributed by atoms with van der Waals surface area (Å²) < 4.78 is 0. The van der Waals surface area contributed by atoms with E-state index in [2.05, 4.69) is 16.8 Å². The number of amides is 1. The minimum Gasteiger partial charge on any atom is -0.394 e. The minimum absolute atomic E-state index is 0.0238. The molecule has 5 heteroatoms. The number of carbonyl (C=O) groups is 1.